The first-order valence-corrected chi connectivity index (χ1v) is 21.3. The van der Waals surface area contributed by atoms with Gasteiger partial charge in [0.1, 0.15) is 5.75 Å². The van der Waals surface area contributed by atoms with Gasteiger partial charge in [-0.15, -0.1) is 0 Å². The van der Waals surface area contributed by atoms with Crippen molar-refractivity contribution in [3.63, 3.8) is 0 Å². The highest BCUT2D eigenvalue weighted by Crippen LogP contribution is 2.52. The van der Waals surface area contributed by atoms with E-state index in [2.05, 4.69) is 188 Å². The van der Waals surface area contributed by atoms with Crippen molar-refractivity contribution in [2.24, 2.45) is 0 Å². The lowest BCUT2D eigenvalue weighted by molar-refractivity contribution is 0.152. The number of nitrogens with zero attached hydrogens (tertiary/aromatic N) is 4. The van der Waals surface area contributed by atoms with Crippen LogP contribution in [-0.4, -0.2) is 15.0 Å². The number of fused-ring (bicyclic) bond motifs is 3. The van der Waals surface area contributed by atoms with Crippen LogP contribution < -0.4 is 4.74 Å². The fourth-order valence-electron chi connectivity index (χ4n) is 8.82. The van der Waals surface area contributed by atoms with Crippen LogP contribution in [0.2, 0.25) is 0 Å². The lowest BCUT2D eigenvalue weighted by atomic mass is 9.75. The van der Waals surface area contributed by atoms with Gasteiger partial charge < -0.3 is 4.74 Å². The second-order valence-electron chi connectivity index (χ2n) is 15.9. The molecule has 0 atom stereocenters. The highest BCUT2D eigenvalue weighted by molar-refractivity contribution is 5.84. The molecule has 0 N–H and O–H groups in total. The van der Waals surface area contributed by atoms with E-state index in [1.54, 1.807) is 0 Å². The third-order valence-electron chi connectivity index (χ3n) is 12.0. The average Bonchev–Trinajstić information content (AvgIpc) is 3.39. The summed E-state index contributed by atoms with van der Waals surface area (Å²) < 4.78 is 7.30. The SMILES string of the molecule is N#Cc1ccc(-c2ccc(-c3nc(-c4cc(-c5ccccc5)cc(-c5ccccc5)c4)nc(-c4ccc5c(c4)-c4ccccc4C(c4ccccc4)(c4ccccc4)O5)n3)cc2)cc1. The van der Waals surface area contributed by atoms with Gasteiger partial charge in [-0.05, 0) is 87.5 Å². The molecule has 0 unspecified atom stereocenters. The second kappa shape index (κ2) is 16.3. The molecular formula is C59H38N4O. The molecule has 0 fully saturated rings. The Hall–Kier alpha value is -8.72. The molecule has 5 nitrogen and oxygen atoms in total. The van der Waals surface area contributed by atoms with Crippen LogP contribution in [0.4, 0.5) is 0 Å². The summed E-state index contributed by atoms with van der Waals surface area (Å²) in [6.45, 7) is 0. The van der Waals surface area contributed by atoms with Gasteiger partial charge in [0.05, 0.1) is 11.6 Å². The highest BCUT2D eigenvalue weighted by Gasteiger charge is 2.44. The molecule has 0 aliphatic carbocycles. The second-order valence-corrected chi connectivity index (χ2v) is 15.9. The number of hydrogen-bond acceptors (Lipinski definition) is 5. The zero-order valence-electron chi connectivity index (χ0n) is 34.6. The smallest absolute Gasteiger partial charge is 0.185 e. The van der Waals surface area contributed by atoms with Crippen molar-refractivity contribution < 1.29 is 4.74 Å². The largest absolute Gasteiger partial charge is 0.472 e. The third kappa shape index (κ3) is 7.00. The fourth-order valence-corrected chi connectivity index (χ4v) is 8.82. The van der Waals surface area contributed by atoms with Crippen molar-refractivity contribution in [2.45, 2.75) is 5.60 Å². The van der Waals surface area contributed by atoms with Gasteiger partial charge in [0.15, 0.2) is 23.1 Å². The Morgan fingerprint density at radius 2 is 0.766 bits per heavy atom. The summed E-state index contributed by atoms with van der Waals surface area (Å²) in [5, 5.41) is 9.35. The molecule has 9 aromatic carbocycles. The van der Waals surface area contributed by atoms with E-state index in [1.165, 1.54) is 0 Å². The predicted octanol–water partition coefficient (Wildman–Crippen LogP) is 14.1. The van der Waals surface area contributed by atoms with Crippen LogP contribution in [0.3, 0.4) is 0 Å². The molecule has 10 aromatic rings. The van der Waals surface area contributed by atoms with E-state index < -0.39 is 5.60 Å². The summed E-state index contributed by atoms with van der Waals surface area (Å²) in [4.78, 5) is 15.7. The Morgan fingerprint density at radius 1 is 0.344 bits per heavy atom. The standard InChI is InChI=1S/C59H38N4O/c60-39-40-25-27-43(28-26-40)44-29-31-45(32-30-44)56-61-57(63-58(62-56)49-36-47(41-15-5-1-6-16-41)35-48(37-49)42-17-7-2-8-18-42)46-33-34-55-53(38-46)52-23-13-14-24-54(52)59(64-55,50-19-9-3-10-20-50)51-21-11-4-12-22-51/h1-38H. The quantitative estimate of drug-likeness (QED) is 0.153. The van der Waals surface area contributed by atoms with Gasteiger partial charge in [-0.25, -0.2) is 15.0 Å². The van der Waals surface area contributed by atoms with Crippen LogP contribution in [-0.2, 0) is 5.60 Å². The minimum absolute atomic E-state index is 0.547. The normalized spacial score (nSPS) is 12.3. The molecule has 0 amide bonds. The summed E-state index contributed by atoms with van der Waals surface area (Å²) in [6.07, 6.45) is 0. The topological polar surface area (TPSA) is 71.7 Å². The van der Waals surface area contributed by atoms with Crippen molar-refractivity contribution in [2.75, 3.05) is 0 Å². The van der Waals surface area contributed by atoms with Gasteiger partial charge >= 0.3 is 0 Å². The van der Waals surface area contributed by atoms with E-state index in [-0.39, 0.29) is 0 Å². The van der Waals surface area contributed by atoms with Gasteiger partial charge in [0.25, 0.3) is 0 Å². The van der Waals surface area contributed by atoms with Gasteiger partial charge in [0.2, 0.25) is 0 Å². The van der Waals surface area contributed by atoms with E-state index in [0.29, 0.717) is 23.0 Å². The molecule has 1 aliphatic heterocycles. The maximum atomic E-state index is 9.35. The fraction of sp³-hybridized carbons (Fsp3) is 0.0169. The lowest BCUT2D eigenvalue weighted by Gasteiger charge is -2.41. The maximum absolute atomic E-state index is 9.35. The zero-order chi connectivity index (χ0) is 42.9. The first-order valence-electron chi connectivity index (χ1n) is 21.3. The minimum Gasteiger partial charge on any atom is -0.472 e. The van der Waals surface area contributed by atoms with Crippen LogP contribution in [0.1, 0.15) is 22.3 Å². The summed E-state index contributed by atoms with van der Waals surface area (Å²) in [5.41, 5.74) is 13.9. The number of benzene rings is 9. The van der Waals surface area contributed by atoms with Gasteiger partial charge in [0, 0.05) is 38.9 Å². The molecule has 5 heteroatoms. The minimum atomic E-state index is -0.870. The number of rotatable bonds is 8. The van der Waals surface area contributed by atoms with Gasteiger partial charge in [-0.1, -0.05) is 182 Å². The van der Waals surface area contributed by atoms with Crippen molar-refractivity contribution >= 4 is 0 Å². The zero-order valence-corrected chi connectivity index (χ0v) is 34.6. The molecule has 2 heterocycles. The average molecular weight is 819 g/mol. The van der Waals surface area contributed by atoms with E-state index in [0.717, 1.165) is 83.6 Å². The van der Waals surface area contributed by atoms with Crippen LogP contribution in [0.25, 0.3) is 78.7 Å². The number of nitriles is 1. The molecule has 0 radical (unpaired) electrons. The van der Waals surface area contributed by atoms with Crippen molar-refractivity contribution in [3.8, 4) is 90.5 Å². The molecule has 11 rings (SSSR count). The van der Waals surface area contributed by atoms with E-state index >= 15 is 0 Å². The molecular weight excluding hydrogens is 781 g/mol. The van der Waals surface area contributed by atoms with Gasteiger partial charge in [-0.3, -0.25) is 0 Å². The van der Waals surface area contributed by atoms with Crippen molar-refractivity contribution in [3.05, 3.63) is 253 Å². The lowest BCUT2D eigenvalue weighted by Crippen LogP contribution is -2.38. The molecule has 0 saturated carbocycles. The molecule has 0 bridgehead atoms. The number of hydrogen-bond donors (Lipinski definition) is 0. The maximum Gasteiger partial charge on any atom is 0.185 e. The summed E-state index contributed by atoms with van der Waals surface area (Å²) in [6, 6.07) is 81.2. The highest BCUT2D eigenvalue weighted by atomic mass is 16.5. The Bertz CT molecular complexity index is 3230. The Morgan fingerprint density at radius 3 is 1.33 bits per heavy atom. The molecule has 300 valence electrons. The van der Waals surface area contributed by atoms with Crippen LogP contribution in [0, 0.1) is 11.3 Å². The molecule has 1 aromatic heterocycles. The Balaban J connectivity index is 1.08. The number of ether oxygens (including phenoxy) is 1. The molecule has 1 aliphatic rings. The van der Waals surface area contributed by atoms with E-state index in [1.807, 2.05) is 48.5 Å². The Labute approximate surface area is 372 Å². The van der Waals surface area contributed by atoms with Crippen LogP contribution in [0.15, 0.2) is 231 Å². The van der Waals surface area contributed by atoms with E-state index in [4.69, 9.17) is 19.7 Å². The molecule has 0 spiro atoms. The number of aromatic nitrogens is 3. The van der Waals surface area contributed by atoms with Crippen LogP contribution in [0.5, 0.6) is 5.75 Å². The Kier molecular flexibility index (Phi) is 9.72. The van der Waals surface area contributed by atoms with Gasteiger partial charge in [-0.2, -0.15) is 5.26 Å². The first kappa shape index (κ1) is 38.2. The van der Waals surface area contributed by atoms with Crippen LogP contribution >= 0.6 is 0 Å². The first-order chi connectivity index (χ1) is 31.6. The monoisotopic (exact) mass is 818 g/mol. The summed E-state index contributed by atoms with van der Waals surface area (Å²) in [7, 11) is 0. The van der Waals surface area contributed by atoms with Crippen molar-refractivity contribution in [1.82, 2.24) is 15.0 Å². The molecule has 64 heavy (non-hydrogen) atoms. The summed E-state index contributed by atoms with van der Waals surface area (Å²) in [5.74, 6) is 2.43. The predicted molar refractivity (Wildman–Crippen MR) is 256 cm³/mol. The van der Waals surface area contributed by atoms with Crippen molar-refractivity contribution in [1.29, 1.82) is 5.26 Å². The van der Waals surface area contributed by atoms with E-state index in [9.17, 15) is 5.26 Å². The summed E-state index contributed by atoms with van der Waals surface area (Å²) >= 11 is 0. The molecule has 0 saturated heterocycles. The third-order valence-corrected chi connectivity index (χ3v) is 12.0.